The van der Waals surface area contributed by atoms with Crippen LogP contribution in [0.25, 0.3) is 11.3 Å². The van der Waals surface area contributed by atoms with Gasteiger partial charge in [-0.05, 0) is 67.9 Å². The third kappa shape index (κ3) is 6.61. The van der Waals surface area contributed by atoms with E-state index < -0.39 is 21.5 Å². The highest BCUT2D eigenvalue weighted by Gasteiger charge is 2.41. The predicted octanol–water partition coefficient (Wildman–Crippen LogP) is 4.97. The van der Waals surface area contributed by atoms with Crippen molar-refractivity contribution in [2.45, 2.75) is 57.4 Å². The van der Waals surface area contributed by atoms with Crippen LogP contribution in [0.5, 0.6) is 5.88 Å². The Bertz CT molecular complexity index is 1440. The molecule has 1 aromatic heterocycles. The maximum Gasteiger partial charge on any atom is 0.335 e. The number of benzene rings is 2. The Labute approximate surface area is 229 Å². The van der Waals surface area contributed by atoms with Gasteiger partial charge in [0.15, 0.2) is 0 Å². The van der Waals surface area contributed by atoms with Crippen molar-refractivity contribution in [1.29, 1.82) is 0 Å². The number of aryl methyl sites for hydroxylation is 2. The quantitative estimate of drug-likeness (QED) is 0.350. The Balaban J connectivity index is 0.00000400. The maximum atomic E-state index is 13.1. The van der Waals surface area contributed by atoms with E-state index in [1.807, 2.05) is 32.0 Å². The minimum Gasteiger partial charge on any atom is -0.478 e. The molecule has 4 N–H and O–H groups in total. The molecule has 0 amide bonds. The fourth-order valence-electron chi connectivity index (χ4n) is 4.92. The number of nitrogens with zero attached hydrogens (tertiary/aromatic N) is 2. The fourth-order valence-corrected chi connectivity index (χ4v) is 5.91. The molecule has 0 spiro atoms. The molecule has 4 rings (SSSR count). The third-order valence-corrected chi connectivity index (χ3v) is 8.02. The minimum absolute atomic E-state index is 0. The molecule has 1 unspecified atom stereocenters. The summed E-state index contributed by atoms with van der Waals surface area (Å²) in [7, 11) is -4.18. The van der Waals surface area contributed by atoms with E-state index in [1.54, 1.807) is 6.07 Å². The summed E-state index contributed by atoms with van der Waals surface area (Å²) in [5.74, 6) is -1.22. The topological polar surface area (TPSA) is 144 Å². The molecule has 1 saturated carbocycles. The first kappa shape index (κ1) is 29.3. The van der Waals surface area contributed by atoms with Crippen LogP contribution in [0.2, 0.25) is 0 Å². The number of nitrogens with two attached hydrogens (primary N) is 1. The van der Waals surface area contributed by atoms with Crippen molar-refractivity contribution in [2.24, 2.45) is 11.1 Å². The number of aromatic nitrogens is 2. The monoisotopic (exact) mass is 560 g/mol. The second-order valence-corrected chi connectivity index (χ2v) is 12.3. The first-order chi connectivity index (χ1) is 17.3. The third-order valence-electron chi connectivity index (χ3n) is 6.69. The molecule has 38 heavy (non-hydrogen) atoms. The molecule has 2 aromatic carbocycles. The van der Waals surface area contributed by atoms with E-state index >= 15 is 0 Å². The van der Waals surface area contributed by atoms with Crippen LogP contribution in [0, 0.1) is 19.3 Å². The van der Waals surface area contributed by atoms with Crippen LogP contribution in [0.3, 0.4) is 0 Å². The number of aromatic carboxylic acids is 1. The summed E-state index contributed by atoms with van der Waals surface area (Å²) in [4.78, 5) is 19.9. The van der Waals surface area contributed by atoms with Crippen LogP contribution >= 0.6 is 12.4 Å². The van der Waals surface area contributed by atoms with Crippen molar-refractivity contribution in [2.75, 3.05) is 11.3 Å². The Kier molecular flexibility index (Phi) is 8.40. The van der Waals surface area contributed by atoms with E-state index in [0.717, 1.165) is 42.0 Å². The standard InChI is InChI=1S/C27H32N4O5S.ClH/c1-17-7-5-8-18(2)23(17)21-14-22(36-16-27(28)12-11-26(3,4)15-27)30-25(29-21)31-37(34,35)20-10-6-9-19(13-20)24(32)33;/h5-10,13-14H,11-12,15-16,28H2,1-4H3,(H,32,33)(H,29,30,31);1H. The van der Waals surface area contributed by atoms with Crippen molar-refractivity contribution >= 4 is 34.3 Å². The SMILES string of the molecule is Cc1cccc(C)c1-c1cc(OCC2(N)CCC(C)(C)C2)nc(NS(=O)(=O)c2cccc(C(=O)O)c2)n1.Cl. The first-order valence-electron chi connectivity index (χ1n) is 12.0. The van der Waals surface area contributed by atoms with Gasteiger partial charge in [-0.15, -0.1) is 12.4 Å². The van der Waals surface area contributed by atoms with Crippen molar-refractivity contribution in [3.63, 3.8) is 0 Å². The van der Waals surface area contributed by atoms with Gasteiger partial charge in [-0.25, -0.2) is 22.9 Å². The number of anilines is 1. The summed E-state index contributed by atoms with van der Waals surface area (Å²) < 4.78 is 34.7. The zero-order chi connectivity index (χ0) is 27.0. The summed E-state index contributed by atoms with van der Waals surface area (Å²) in [6.07, 6.45) is 2.60. The number of halogens is 1. The fraction of sp³-hybridized carbons (Fsp3) is 0.370. The second kappa shape index (κ2) is 10.9. The zero-order valence-electron chi connectivity index (χ0n) is 21.8. The summed E-state index contributed by atoms with van der Waals surface area (Å²) in [5, 5.41) is 9.25. The summed E-state index contributed by atoms with van der Waals surface area (Å²) in [6, 6.07) is 12.6. The molecular weight excluding hydrogens is 528 g/mol. The molecule has 1 fully saturated rings. The number of ether oxygens (including phenoxy) is 1. The Morgan fingerprint density at radius 1 is 1.08 bits per heavy atom. The Morgan fingerprint density at radius 2 is 1.74 bits per heavy atom. The molecule has 0 aliphatic heterocycles. The molecule has 1 aliphatic rings. The lowest BCUT2D eigenvalue weighted by Gasteiger charge is -2.26. The number of sulfonamides is 1. The molecule has 204 valence electrons. The number of carbonyl (C=O) groups is 1. The van der Waals surface area contributed by atoms with Gasteiger partial charge < -0.3 is 15.6 Å². The van der Waals surface area contributed by atoms with Gasteiger partial charge in [0.1, 0.15) is 6.61 Å². The van der Waals surface area contributed by atoms with Crippen LogP contribution in [0.4, 0.5) is 5.95 Å². The predicted molar refractivity (Wildman–Crippen MR) is 148 cm³/mol. The normalized spacial score (nSPS) is 18.4. The first-order valence-corrected chi connectivity index (χ1v) is 13.5. The van der Waals surface area contributed by atoms with Gasteiger partial charge in [0.2, 0.25) is 11.8 Å². The lowest BCUT2D eigenvalue weighted by atomic mass is 9.88. The lowest BCUT2D eigenvalue weighted by Crippen LogP contribution is -2.43. The highest BCUT2D eigenvalue weighted by molar-refractivity contribution is 7.92. The van der Waals surface area contributed by atoms with Gasteiger partial charge in [-0.2, -0.15) is 4.98 Å². The highest BCUT2D eigenvalue weighted by Crippen LogP contribution is 2.42. The highest BCUT2D eigenvalue weighted by atomic mass is 35.5. The van der Waals surface area contributed by atoms with Crippen LogP contribution in [0.15, 0.2) is 53.4 Å². The van der Waals surface area contributed by atoms with Crippen molar-refractivity contribution in [1.82, 2.24) is 9.97 Å². The molecule has 3 aromatic rings. The molecule has 0 bridgehead atoms. The number of nitrogens with one attached hydrogen (secondary N) is 1. The van der Waals surface area contributed by atoms with Crippen molar-refractivity contribution < 1.29 is 23.1 Å². The van der Waals surface area contributed by atoms with E-state index in [0.29, 0.717) is 5.69 Å². The average Bonchev–Trinajstić information content (AvgIpc) is 3.10. The molecule has 1 aliphatic carbocycles. The van der Waals surface area contributed by atoms with Gasteiger partial charge in [0.05, 0.1) is 21.7 Å². The van der Waals surface area contributed by atoms with E-state index in [4.69, 9.17) is 10.5 Å². The van der Waals surface area contributed by atoms with Crippen LogP contribution in [0.1, 0.15) is 54.6 Å². The molecule has 1 heterocycles. The van der Waals surface area contributed by atoms with Crippen molar-refractivity contribution in [3.05, 3.63) is 65.2 Å². The Hall–Kier alpha value is -3.21. The summed E-state index contributed by atoms with van der Waals surface area (Å²) in [5.41, 5.74) is 9.33. The number of carboxylic acids is 1. The van der Waals surface area contributed by atoms with Crippen LogP contribution in [-0.2, 0) is 10.0 Å². The number of hydrogen-bond donors (Lipinski definition) is 3. The zero-order valence-corrected chi connectivity index (χ0v) is 23.4. The maximum absolute atomic E-state index is 13.1. The molecule has 9 nitrogen and oxygen atoms in total. The van der Waals surface area contributed by atoms with Crippen LogP contribution in [-0.4, -0.2) is 41.6 Å². The second-order valence-electron chi connectivity index (χ2n) is 10.6. The minimum atomic E-state index is -4.18. The van der Waals surface area contributed by atoms with E-state index in [2.05, 4.69) is 28.5 Å². The summed E-state index contributed by atoms with van der Waals surface area (Å²) in [6.45, 7) is 8.48. The van der Waals surface area contributed by atoms with Gasteiger partial charge in [-0.1, -0.05) is 38.1 Å². The van der Waals surface area contributed by atoms with Crippen molar-refractivity contribution in [3.8, 4) is 17.1 Å². The number of carboxylic acid groups (broad SMARTS) is 1. The Morgan fingerprint density at radius 3 is 2.34 bits per heavy atom. The van der Waals surface area contributed by atoms with E-state index in [9.17, 15) is 18.3 Å². The molecule has 1 atom stereocenters. The van der Waals surface area contributed by atoms with E-state index in [1.165, 1.54) is 18.2 Å². The van der Waals surface area contributed by atoms with Gasteiger partial charge in [0.25, 0.3) is 10.0 Å². The molecule has 11 heteroatoms. The molecular formula is C27H33ClN4O5S. The smallest absolute Gasteiger partial charge is 0.335 e. The molecule has 0 saturated heterocycles. The number of hydrogen-bond acceptors (Lipinski definition) is 7. The van der Waals surface area contributed by atoms with Gasteiger partial charge in [-0.3, -0.25) is 0 Å². The molecule has 0 radical (unpaired) electrons. The van der Waals surface area contributed by atoms with Gasteiger partial charge in [0, 0.05) is 11.6 Å². The lowest BCUT2D eigenvalue weighted by molar-refractivity contribution is 0.0696. The average molecular weight is 561 g/mol. The van der Waals surface area contributed by atoms with Gasteiger partial charge >= 0.3 is 5.97 Å². The largest absolute Gasteiger partial charge is 0.478 e. The number of rotatable bonds is 8. The van der Waals surface area contributed by atoms with E-state index in [-0.39, 0.29) is 46.7 Å². The summed E-state index contributed by atoms with van der Waals surface area (Å²) >= 11 is 0. The van der Waals surface area contributed by atoms with Crippen LogP contribution < -0.4 is 15.2 Å².